The second-order valence-electron chi connectivity index (χ2n) is 4.27. The zero-order chi connectivity index (χ0) is 12.0. The maximum atomic E-state index is 11.4. The van der Waals surface area contributed by atoms with E-state index in [0.717, 1.165) is 27.5 Å². The van der Waals surface area contributed by atoms with Crippen molar-refractivity contribution in [3.05, 3.63) is 41.6 Å². The van der Waals surface area contributed by atoms with Crippen molar-refractivity contribution in [1.82, 2.24) is 9.97 Å². The van der Waals surface area contributed by atoms with Crippen LogP contribution in [0.3, 0.4) is 0 Å². The minimum atomic E-state index is -0.00587. The molecule has 3 aromatic rings. The number of aromatic amines is 1. The van der Waals surface area contributed by atoms with E-state index in [1.807, 2.05) is 31.2 Å². The van der Waals surface area contributed by atoms with Crippen LogP contribution in [0.4, 0.5) is 0 Å². The second-order valence-corrected chi connectivity index (χ2v) is 4.27. The number of rotatable bonds is 1. The van der Waals surface area contributed by atoms with Crippen molar-refractivity contribution in [1.29, 1.82) is 0 Å². The van der Waals surface area contributed by atoms with E-state index in [2.05, 4.69) is 16.0 Å². The molecule has 2 aromatic heterocycles. The predicted octanol–water partition coefficient (Wildman–Crippen LogP) is 3.23. The van der Waals surface area contributed by atoms with E-state index in [1.165, 1.54) is 6.92 Å². The molecule has 0 aliphatic carbocycles. The van der Waals surface area contributed by atoms with Gasteiger partial charge in [-0.1, -0.05) is 18.2 Å². The monoisotopic (exact) mass is 224 g/mol. The van der Waals surface area contributed by atoms with E-state index in [4.69, 9.17) is 0 Å². The van der Waals surface area contributed by atoms with Crippen LogP contribution in [0.5, 0.6) is 0 Å². The first-order chi connectivity index (χ1) is 8.16. The van der Waals surface area contributed by atoms with Gasteiger partial charge >= 0.3 is 0 Å². The minimum absolute atomic E-state index is 0.00587. The number of H-pyrrole nitrogens is 1. The number of hydrogen-bond donors (Lipinski definition) is 1. The Labute approximate surface area is 98.5 Å². The molecular weight excluding hydrogens is 212 g/mol. The average Bonchev–Trinajstić information content (AvgIpc) is 2.67. The lowest BCUT2D eigenvalue weighted by molar-refractivity contribution is 0.101. The molecule has 0 unspecified atom stereocenters. The van der Waals surface area contributed by atoms with E-state index in [-0.39, 0.29) is 5.78 Å². The van der Waals surface area contributed by atoms with Gasteiger partial charge in [0.1, 0.15) is 11.3 Å². The molecule has 0 saturated heterocycles. The topological polar surface area (TPSA) is 45.8 Å². The molecule has 0 fully saturated rings. The van der Waals surface area contributed by atoms with Gasteiger partial charge in [-0.05, 0) is 24.6 Å². The summed E-state index contributed by atoms with van der Waals surface area (Å²) in [5, 5.41) is 2.26. The molecule has 1 aromatic carbocycles. The van der Waals surface area contributed by atoms with Crippen LogP contribution in [0.15, 0.2) is 30.3 Å². The van der Waals surface area contributed by atoms with Crippen molar-refractivity contribution in [3.8, 4) is 0 Å². The van der Waals surface area contributed by atoms with Gasteiger partial charge in [-0.3, -0.25) is 4.79 Å². The van der Waals surface area contributed by atoms with Gasteiger partial charge in [-0.25, -0.2) is 4.98 Å². The molecule has 3 nitrogen and oxygen atoms in total. The SMILES string of the molecule is CC(=O)c1cc(C)c2c(n1)[nH]c1ccccc12. The smallest absolute Gasteiger partial charge is 0.178 e. The summed E-state index contributed by atoms with van der Waals surface area (Å²) in [5.41, 5.74) is 3.44. The van der Waals surface area contributed by atoms with Crippen LogP contribution in [0.25, 0.3) is 21.9 Å². The quantitative estimate of drug-likeness (QED) is 0.645. The Hall–Kier alpha value is -2.16. The van der Waals surface area contributed by atoms with Crippen molar-refractivity contribution in [2.24, 2.45) is 0 Å². The number of para-hydroxylation sites is 1. The Morgan fingerprint density at radius 2 is 2.06 bits per heavy atom. The molecule has 0 spiro atoms. The number of fused-ring (bicyclic) bond motifs is 3. The van der Waals surface area contributed by atoms with Crippen LogP contribution in [-0.2, 0) is 0 Å². The molecule has 0 saturated carbocycles. The molecule has 0 amide bonds. The standard InChI is InChI=1S/C14H12N2O/c1-8-7-12(9(2)17)16-14-13(8)10-5-3-4-6-11(10)15-14/h3-7H,1-2H3,(H,15,16). The number of benzene rings is 1. The molecule has 0 aliphatic heterocycles. The van der Waals surface area contributed by atoms with Crippen molar-refractivity contribution in [3.63, 3.8) is 0 Å². The van der Waals surface area contributed by atoms with Gasteiger partial charge in [-0.15, -0.1) is 0 Å². The number of Topliss-reactive ketones (excluding diaryl/α,β-unsaturated/α-hetero) is 1. The Balaban J connectivity index is 2.48. The summed E-state index contributed by atoms with van der Waals surface area (Å²) < 4.78 is 0. The zero-order valence-corrected chi connectivity index (χ0v) is 9.74. The van der Waals surface area contributed by atoms with Crippen LogP contribution in [0, 0.1) is 6.92 Å². The fourth-order valence-corrected chi connectivity index (χ4v) is 2.22. The summed E-state index contributed by atoms with van der Waals surface area (Å²) in [7, 11) is 0. The summed E-state index contributed by atoms with van der Waals surface area (Å²) in [5.74, 6) is -0.00587. The van der Waals surface area contributed by atoms with Crippen LogP contribution in [0.2, 0.25) is 0 Å². The Bertz CT molecular complexity index is 740. The van der Waals surface area contributed by atoms with Crippen LogP contribution in [0.1, 0.15) is 23.0 Å². The van der Waals surface area contributed by atoms with Gasteiger partial charge in [0.2, 0.25) is 0 Å². The Morgan fingerprint density at radius 3 is 2.82 bits per heavy atom. The third kappa shape index (κ3) is 1.43. The van der Waals surface area contributed by atoms with Crippen LogP contribution in [-0.4, -0.2) is 15.8 Å². The number of nitrogens with zero attached hydrogens (tertiary/aromatic N) is 1. The number of aromatic nitrogens is 2. The molecule has 0 atom stereocenters. The predicted molar refractivity (Wildman–Crippen MR) is 68.3 cm³/mol. The number of aryl methyl sites for hydroxylation is 1. The van der Waals surface area contributed by atoms with Gasteiger partial charge in [0.25, 0.3) is 0 Å². The largest absolute Gasteiger partial charge is 0.339 e. The first-order valence-corrected chi connectivity index (χ1v) is 5.56. The highest BCUT2D eigenvalue weighted by molar-refractivity contribution is 6.08. The molecular formula is C14H12N2O. The fourth-order valence-electron chi connectivity index (χ4n) is 2.22. The lowest BCUT2D eigenvalue weighted by Gasteiger charge is -2.00. The summed E-state index contributed by atoms with van der Waals surface area (Å²) in [4.78, 5) is 19.0. The van der Waals surface area contributed by atoms with E-state index in [9.17, 15) is 4.79 Å². The highest BCUT2D eigenvalue weighted by atomic mass is 16.1. The molecule has 3 heteroatoms. The molecule has 0 radical (unpaired) electrons. The zero-order valence-electron chi connectivity index (χ0n) is 9.74. The number of carbonyl (C=O) groups excluding carboxylic acids is 1. The first-order valence-electron chi connectivity index (χ1n) is 5.56. The molecule has 3 rings (SSSR count). The van der Waals surface area contributed by atoms with Gasteiger partial charge in [-0.2, -0.15) is 0 Å². The molecule has 84 valence electrons. The van der Waals surface area contributed by atoms with Gasteiger partial charge in [0, 0.05) is 23.2 Å². The number of pyridine rings is 1. The van der Waals surface area contributed by atoms with E-state index >= 15 is 0 Å². The maximum absolute atomic E-state index is 11.4. The van der Waals surface area contributed by atoms with Crippen LogP contribution < -0.4 is 0 Å². The molecule has 1 N–H and O–H groups in total. The summed E-state index contributed by atoms with van der Waals surface area (Å²) in [6, 6.07) is 9.93. The minimum Gasteiger partial charge on any atom is -0.339 e. The van der Waals surface area contributed by atoms with Crippen molar-refractivity contribution < 1.29 is 4.79 Å². The van der Waals surface area contributed by atoms with Gasteiger partial charge < -0.3 is 4.98 Å². The molecule has 0 bridgehead atoms. The Morgan fingerprint density at radius 1 is 1.29 bits per heavy atom. The summed E-state index contributed by atoms with van der Waals surface area (Å²) in [6.07, 6.45) is 0. The van der Waals surface area contributed by atoms with Crippen molar-refractivity contribution >= 4 is 27.7 Å². The van der Waals surface area contributed by atoms with E-state index < -0.39 is 0 Å². The fraction of sp³-hybridized carbons (Fsp3) is 0.143. The number of nitrogens with one attached hydrogen (secondary N) is 1. The van der Waals surface area contributed by atoms with Gasteiger partial charge in [0.15, 0.2) is 5.78 Å². The second kappa shape index (κ2) is 3.42. The van der Waals surface area contributed by atoms with Gasteiger partial charge in [0.05, 0.1) is 0 Å². The molecule has 17 heavy (non-hydrogen) atoms. The number of hydrogen-bond acceptors (Lipinski definition) is 2. The lowest BCUT2D eigenvalue weighted by Crippen LogP contribution is -1.97. The van der Waals surface area contributed by atoms with Crippen molar-refractivity contribution in [2.45, 2.75) is 13.8 Å². The Kier molecular flexibility index (Phi) is 2.01. The average molecular weight is 224 g/mol. The highest BCUT2D eigenvalue weighted by Gasteiger charge is 2.10. The molecule has 2 heterocycles. The van der Waals surface area contributed by atoms with Crippen molar-refractivity contribution in [2.75, 3.05) is 0 Å². The summed E-state index contributed by atoms with van der Waals surface area (Å²) in [6.45, 7) is 3.55. The van der Waals surface area contributed by atoms with E-state index in [0.29, 0.717) is 5.69 Å². The normalized spacial score (nSPS) is 11.2. The maximum Gasteiger partial charge on any atom is 0.178 e. The number of ketones is 1. The lowest BCUT2D eigenvalue weighted by atomic mass is 10.1. The summed E-state index contributed by atoms with van der Waals surface area (Å²) >= 11 is 0. The molecule has 0 aliphatic rings. The highest BCUT2D eigenvalue weighted by Crippen LogP contribution is 2.27. The third-order valence-corrected chi connectivity index (χ3v) is 3.03. The van der Waals surface area contributed by atoms with Crippen LogP contribution >= 0.6 is 0 Å². The third-order valence-electron chi connectivity index (χ3n) is 3.03. The van der Waals surface area contributed by atoms with E-state index in [1.54, 1.807) is 0 Å². The first kappa shape index (κ1) is 10.0. The number of carbonyl (C=O) groups is 1.